The Morgan fingerprint density at radius 2 is 1.69 bits per heavy atom. The van der Waals surface area contributed by atoms with Crippen LogP contribution in [0.2, 0.25) is 0 Å². The van der Waals surface area contributed by atoms with E-state index in [9.17, 15) is 18.0 Å². The predicted molar refractivity (Wildman–Crippen MR) is 133 cm³/mol. The van der Waals surface area contributed by atoms with Gasteiger partial charge in [-0.1, -0.05) is 42.5 Å². The molecular weight excluding hydrogens is 467 g/mol. The van der Waals surface area contributed by atoms with Crippen molar-refractivity contribution in [2.24, 2.45) is 0 Å². The number of alkyl halides is 3. The number of pyridine rings is 1. The van der Waals surface area contributed by atoms with E-state index in [-0.39, 0.29) is 12.6 Å². The Hall–Kier alpha value is -4.33. The monoisotopic (exact) mass is 491 g/mol. The molecule has 0 aliphatic rings. The van der Waals surface area contributed by atoms with Crippen molar-refractivity contribution < 1.29 is 22.7 Å². The van der Waals surface area contributed by atoms with Crippen LogP contribution in [0.1, 0.15) is 16.7 Å². The van der Waals surface area contributed by atoms with E-state index in [4.69, 9.17) is 4.74 Å². The van der Waals surface area contributed by atoms with Crippen LogP contribution in [0.4, 0.5) is 23.7 Å². The number of nitrogens with zero attached hydrogens (tertiary/aromatic N) is 1. The summed E-state index contributed by atoms with van der Waals surface area (Å²) in [6, 6.07) is 23.0. The topological polar surface area (TPSA) is 63.2 Å². The number of halogens is 3. The minimum atomic E-state index is -4.41. The van der Waals surface area contributed by atoms with Crippen molar-refractivity contribution in [3.8, 4) is 16.9 Å². The highest BCUT2D eigenvalue weighted by atomic mass is 19.4. The summed E-state index contributed by atoms with van der Waals surface area (Å²) in [6.45, 7) is 0.638. The van der Waals surface area contributed by atoms with Crippen molar-refractivity contribution in [2.75, 3.05) is 11.9 Å². The van der Waals surface area contributed by atoms with Crippen LogP contribution < -0.4 is 15.4 Å². The Kier molecular flexibility index (Phi) is 7.85. The molecule has 1 aromatic heterocycles. The van der Waals surface area contributed by atoms with Crippen LogP contribution in [-0.2, 0) is 19.1 Å². The summed E-state index contributed by atoms with van der Waals surface area (Å²) in [6.07, 6.45) is -0.637. The normalized spacial score (nSPS) is 11.1. The molecule has 0 saturated heterocycles. The lowest BCUT2D eigenvalue weighted by Gasteiger charge is -2.15. The Morgan fingerprint density at radius 3 is 2.39 bits per heavy atom. The molecule has 0 bridgehead atoms. The second-order valence-corrected chi connectivity index (χ2v) is 8.03. The van der Waals surface area contributed by atoms with E-state index in [1.807, 2.05) is 12.1 Å². The Labute approximate surface area is 207 Å². The summed E-state index contributed by atoms with van der Waals surface area (Å²) in [7, 11) is 0. The SMILES string of the molecule is O=C(NCc1cccnc1)Nc1ccc(OCCc2ccc(C(F)(F)F)cc2-c2ccccc2)cc1. The van der Waals surface area contributed by atoms with Crippen LogP contribution in [0.25, 0.3) is 11.1 Å². The number of aromatic nitrogens is 1. The number of carbonyl (C=O) groups excluding carboxylic acids is 1. The molecule has 36 heavy (non-hydrogen) atoms. The molecule has 3 aromatic carbocycles. The van der Waals surface area contributed by atoms with Gasteiger partial charge in [0.05, 0.1) is 12.2 Å². The first kappa shape index (κ1) is 24.8. The highest BCUT2D eigenvalue weighted by Gasteiger charge is 2.31. The molecule has 0 atom stereocenters. The third kappa shape index (κ3) is 6.85. The Balaban J connectivity index is 1.33. The zero-order valence-corrected chi connectivity index (χ0v) is 19.3. The van der Waals surface area contributed by atoms with Gasteiger partial charge in [-0.05, 0) is 64.7 Å². The summed E-state index contributed by atoms with van der Waals surface area (Å²) in [4.78, 5) is 16.1. The van der Waals surface area contributed by atoms with Crippen LogP contribution in [0.5, 0.6) is 5.75 Å². The summed E-state index contributed by atoms with van der Waals surface area (Å²) in [5.41, 5.74) is 2.82. The fourth-order valence-electron chi connectivity index (χ4n) is 3.63. The number of carbonyl (C=O) groups is 1. The third-order valence-corrected chi connectivity index (χ3v) is 5.45. The largest absolute Gasteiger partial charge is 0.493 e. The number of hydrogen-bond donors (Lipinski definition) is 2. The number of hydrogen-bond acceptors (Lipinski definition) is 3. The van der Waals surface area contributed by atoms with Gasteiger partial charge in [-0.25, -0.2) is 4.79 Å². The molecule has 0 aliphatic heterocycles. The molecular formula is C28H24F3N3O2. The predicted octanol–water partition coefficient (Wildman–Crippen LogP) is 6.71. The van der Waals surface area contributed by atoms with Gasteiger partial charge in [0, 0.05) is 31.0 Å². The molecule has 0 unspecified atom stereocenters. The van der Waals surface area contributed by atoms with Gasteiger partial charge in [0.15, 0.2) is 0 Å². The van der Waals surface area contributed by atoms with Gasteiger partial charge in [-0.2, -0.15) is 13.2 Å². The molecule has 0 radical (unpaired) electrons. The first-order valence-electron chi connectivity index (χ1n) is 11.3. The highest BCUT2D eigenvalue weighted by Crippen LogP contribution is 2.34. The average Bonchev–Trinajstić information content (AvgIpc) is 2.89. The molecule has 4 rings (SSSR count). The Morgan fingerprint density at radius 1 is 0.917 bits per heavy atom. The Bertz CT molecular complexity index is 1280. The van der Waals surface area contributed by atoms with E-state index in [1.54, 1.807) is 67.0 Å². The van der Waals surface area contributed by atoms with Gasteiger partial charge >= 0.3 is 12.2 Å². The molecule has 2 amide bonds. The van der Waals surface area contributed by atoms with Crippen LogP contribution in [-0.4, -0.2) is 17.6 Å². The fraction of sp³-hybridized carbons (Fsp3) is 0.143. The van der Waals surface area contributed by atoms with E-state index >= 15 is 0 Å². The molecule has 1 heterocycles. The average molecular weight is 492 g/mol. The maximum atomic E-state index is 13.3. The van der Waals surface area contributed by atoms with Crippen LogP contribution in [0.15, 0.2) is 97.3 Å². The van der Waals surface area contributed by atoms with Crippen molar-refractivity contribution in [1.29, 1.82) is 0 Å². The number of benzene rings is 3. The van der Waals surface area contributed by atoms with Gasteiger partial charge in [-0.3, -0.25) is 4.98 Å². The van der Waals surface area contributed by atoms with Crippen LogP contribution in [0, 0.1) is 0 Å². The molecule has 8 heteroatoms. The van der Waals surface area contributed by atoms with Crippen LogP contribution in [0.3, 0.4) is 0 Å². The van der Waals surface area contributed by atoms with E-state index in [0.717, 1.165) is 22.8 Å². The molecule has 5 nitrogen and oxygen atoms in total. The molecule has 4 aromatic rings. The lowest BCUT2D eigenvalue weighted by molar-refractivity contribution is -0.137. The summed E-state index contributed by atoms with van der Waals surface area (Å²) >= 11 is 0. The molecule has 184 valence electrons. The maximum Gasteiger partial charge on any atom is 0.416 e. The number of amides is 2. The minimum Gasteiger partial charge on any atom is -0.493 e. The van der Waals surface area contributed by atoms with Crippen molar-refractivity contribution in [1.82, 2.24) is 10.3 Å². The van der Waals surface area contributed by atoms with Gasteiger partial charge in [0.1, 0.15) is 5.75 Å². The molecule has 0 fully saturated rings. The fourth-order valence-corrected chi connectivity index (χ4v) is 3.63. The maximum absolute atomic E-state index is 13.3. The van der Waals surface area contributed by atoms with Gasteiger partial charge < -0.3 is 15.4 Å². The summed E-state index contributed by atoms with van der Waals surface area (Å²) in [5.74, 6) is 0.587. The molecule has 0 saturated carbocycles. The highest BCUT2D eigenvalue weighted by molar-refractivity contribution is 5.89. The second-order valence-electron chi connectivity index (χ2n) is 8.03. The van der Waals surface area contributed by atoms with E-state index < -0.39 is 11.7 Å². The van der Waals surface area contributed by atoms with E-state index in [0.29, 0.717) is 30.0 Å². The molecule has 0 aliphatic carbocycles. The molecule has 2 N–H and O–H groups in total. The van der Waals surface area contributed by atoms with Gasteiger partial charge in [0.2, 0.25) is 0 Å². The number of rotatable bonds is 8. The number of nitrogens with one attached hydrogen (secondary N) is 2. The van der Waals surface area contributed by atoms with Gasteiger partial charge in [0.25, 0.3) is 0 Å². The third-order valence-electron chi connectivity index (χ3n) is 5.45. The first-order chi connectivity index (χ1) is 17.4. The number of urea groups is 1. The number of ether oxygens (including phenoxy) is 1. The lowest BCUT2D eigenvalue weighted by Crippen LogP contribution is -2.28. The van der Waals surface area contributed by atoms with Crippen molar-refractivity contribution in [2.45, 2.75) is 19.1 Å². The molecule has 0 spiro atoms. The lowest BCUT2D eigenvalue weighted by atomic mass is 9.95. The van der Waals surface area contributed by atoms with Crippen molar-refractivity contribution in [3.05, 3.63) is 114 Å². The minimum absolute atomic E-state index is 0.281. The first-order valence-corrected chi connectivity index (χ1v) is 11.3. The zero-order valence-electron chi connectivity index (χ0n) is 19.3. The smallest absolute Gasteiger partial charge is 0.416 e. The van der Waals surface area contributed by atoms with Crippen molar-refractivity contribution in [3.63, 3.8) is 0 Å². The zero-order chi connectivity index (χ0) is 25.4. The second kappa shape index (κ2) is 11.4. The standard InChI is InChI=1S/C28H24F3N3O2/c29-28(30,31)23-9-8-22(26(17-23)21-6-2-1-3-7-21)14-16-36-25-12-10-24(11-13-25)34-27(35)33-19-20-5-4-15-32-18-20/h1-13,15,17-18H,14,16,19H2,(H2,33,34,35). The summed E-state index contributed by atoms with van der Waals surface area (Å²) < 4.78 is 45.6. The van der Waals surface area contributed by atoms with Crippen LogP contribution >= 0.6 is 0 Å². The van der Waals surface area contributed by atoms with E-state index in [1.165, 1.54) is 12.1 Å². The quantitative estimate of drug-likeness (QED) is 0.288. The van der Waals surface area contributed by atoms with Crippen molar-refractivity contribution >= 4 is 11.7 Å². The number of anilines is 1. The summed E-state index contributed by atoms with van der Waals surface area (Å²) in [5, 5.41) is 5.50. The van der Waals surface area contributed by atoms with Gasteiger partial charge in [-0.15, -0.1) is 0 Å². The van der Waals surface area contributed by atoms with E-state index in [2.05, 4.69) is 15.6 Å².